The number of aromatic carboxylic acids is 1. The monoisotopic (exact) mass is 440 g/mol. The molecule has 2 N–H and O–H groups in total. The van der Waals surface area contributed by atoms with Crippen LogP contribution in [-0.2, 0) is 4.79 Å². The van der Waals surface area contributed by atoms with Crippen LogP contribution in [0.5, 0.6) is 0 Å². The number of hydrogen-bond donors (Lipinski definition) is 2. The number of hydrogen-bond acceptors (Lipinski definition) is 4. The standard InChI is InChI=1S/C22H14Cl2N2O4/c1-12-2-4-15(10-19(12)24)26-21(27)14(11-25)8-16-5-7-20(30-16)13-3-6-18(23)17(9-13)22(28)29/h2-10H,1H3,(H,26,27)(H,28,29). The summed E-state index contributed by atoms with van der Waals surface area (Å²) in [5.74, 6) is -1.16. The number of carbonyl (C=O) groups is 2. The topological polar surface area (TPSA) is 103 Å². The number of aryl methyl sites for hydroxylation is 1. The molecule has 1 aromatic heterocycles. The summed E-state index contributed by atoms with van der Waals surface area (Å²) in [5, 5.41) is 21.8. The lowest BCUT2D eigenvalue weighted by Gasteiger charge is -2.06. The van der Waals surface area contributed by atoms with Gasteiger partial charge >= 0.3 is 5.97 Å². The number of nitriles is 1. The SMILES string of the molecule is Cc1ccc(NC(=O)C(C#N)=Cc2ccc(-c3ccc(Cl)c(C(=O)O)c3)o2)cc1Cl. The number of carbonyl (C=O) groups excluding carboxylic acids is 1. The number of rotatable bonds is 5. The fourth-order valence-corrected chi connectivity index (χ4v) is 2.97. The van der Waals surface area contributed by atoms with Crippen molar-refractivity contribution in [2.75, 3.05) is 5.32 Å². The predicted molar refractivity (Wildman–Crippen MR) is 115 cm³/mol. The molecule has 1 amide bonds. The maximum atomic E-state index is 12.4. The maximum absolute atomic E-state index is 12.4. The van der Waals surface area contributed by atoms with Gasteiger partial charge in [0, 0.05) is 22.3 Å². The summed E-state index contributed by atoms with van der Waals surface area (Å²) in [6, 6.07) is 14.5. The Morgan fingerprint density at radius 3 is 2.53 bits per heavy atom. The molecule has 0 saturated heterocycles. The molecule has 3 rings (SSSR count). The van der Waals surface area contributed by atoms with Crippen LogP contribution in [0.3, 0.4) is 0 Å². The lowest BCUT2D eigenvalue weighted by atomic mass is 10.1. The number of halogens is 2. The third-order valence-corrected chi connectivity index (χ3v) is 4.93. The minimum atomic E-state index is -1.16. The number of furan rings is 1. The Labute approximate surface area is 182 Å². The van der Waals surface area contributed by atoms with Crippen LogP contribution in [0.4, 0.5) is 5.69 Å². The van der Waals surface area contributed by atoms with Gasteiger partial charge in [0.25, 0.3) is 5.91 Å². The largest absolute Gasteiger partial charge is 0.478 e. The van der Waals surface area contributed by atoms with Crippen LogP contribution >= 0.6 is 23.2 Å². The van der Waals surface area contributed by atoms with Gasteiger partial charge in [-0.1, -0.05) is 29.3 Å². The Kier molecular flexibility index (Phi) is 6.26. The van der Waals surface area contributed by atoms with Gasteiger partial charge in [-0.25, -0.2) is 4.79 Å². The van der Waals surface area contributed by atoms with Gasteiger partial charge < -0.3 is 14.8 Å². The average molecular weight is 441 g/mol. The molecule has 3 aromatic rings. The number of nitrogens with one attached hydrogen (secondary N) is 1. The smallest absolute Gasteiger partial charge is 0.337 e. The zero-order chi connectivity index (χ0) is 21.8. The molecule has 0 radical (unpaired) electrons. The number of benzene rings is 2. The molecular formula is C22H14Cl2N2O4. The quantitative estimate of drug-likeness (QED) is 0.385. The number of anilines is 1. The first-order valence-corrected chi connectivity index (χ1v) is 9.36. The van der Waals surface area contributed by atoms with E-state index in [4.69, 9.17) is 27.6 Å². The van der Waals surface area contributed by atoms with Crippen molar-refractivity contribution in [2.24, 2.45) is 0 Å². The predicted octanol–water partition coefficient (Wildman–Crippen LogP) is 5.81. The van der Waals surface area contributed by atoms with E-state index in [9.17, 15) is 20.0 Å². The summed E-state index contributed by atoms with van der Waals surface area (Å²) in [7, 11) is 0. The summed E-state index contributed by atoms with van der Waals surface area (Å²) in [6.45, 7) is 1.84. The highest BCUT2D eigenvalue weighted by Gasteiger charge is 2.14. The van der Waals surface area contributed by atoms with Crippen LogP contribution in [0.15, 0.2) is 58.5 Å². The van der Waals surface area contributed by atoms with Crippen molar-refractivity contribution >= 4 is 46.8 Å². The minimum Gasteiger partial charge on any atom is -0.478 e. The van der Waals surface area contributed by atoms with Crippen LogP contribution in [0.2, 0.25) is 10.0 Å². The van der Waals surface area contributed by atoms with Crippen LogP contribution in [-0.4, -0.2) is 17.0 Å². The molecule has 0 unspecified atom stereocenters. The van der Waals surface area contributed by atoms with E-state index in [1.807, 2.05) is 13.0 Å². The zero-order valence-electron chi connectivity index (χ0n) is 15.6. The molecule has 0 aliphatic heterocycles. The lowest BCUT2D eigenvalue weighted by Crippen LogP contribution is -2.13. The Balaban J connectivity index is 1.84. The van der Waals surface area contributed by atoms with Gasteiger partial charge in [-0.2, -0.15) is 5.26 Å². The highest BCUT2D eigenvalue weighted by Crippen LogP contribution is 2.28. The second-order valence-corrected chi connectivity index (χ2v) is 7.10. The zero-order valence-corrected chi connectivity index (χ0v) is 17.1. The van der Waals surface area contributed by atoms with E-state index < -0.39 is 11.9 Å². The van der Waals surface area contributed by atoms with Gasteiger partial charge in [0.15, 0.2) is 0 Å². The van der Waals surface area contributed by atoms with Gasteiger partial charge in [0.2, 0.25) is 0 Å². The van der Waals surface area contributed by atoms with Gasteiger partial charge in [-0.05, 0) is 55.0 Å². The molecule has 0 atom stereocenters. The van der Waals surface area contributed by atoms with Crippen LogP contribution < -0.4 is 5.32 Å². The number of amides is 1. The summed E-state index contributed by atoms with van der Waals surface area (Å²) in [6.07, 6.45) is 1.29. The maximum Gasteiger partial charge on any atom is 0.337 e. The van der Waals surface area contributed by atoms with Crippen molar-refractivity contribution in [3.05, 3.63) is 81.0 Å². The molecule has 0 bridgehead atoms. The summed E-state index contributed by atoms with van der Waals surface area (Å²) in [5.41, 5.74) is 1.58. The van der Waals surface area contributed by atoms with Crippen molar-refractivity contribution in [1.82, 2.24) is 0 Å². The van der Waals surface area contributed by atoms with Crippen molar-refractivity contribution < 1.29 is 19.1 Å². The van der Waals surface area contributed by atoms with Crippen molar-refractivity contribution in [3.8, 4) is 17.4 Å². The normalized spacial score (nSPS) is 11.1. The summed E-state index contributed by atoms with van der Waals surface area (Å²) in [4.78, 5) is 23.7. The summed E-state index contributed by atoms with van der Waals surface area (Å²) >= 11 is 11.9. The lowest BCUT2D eigenvalue weighted by molar-refractivity contribution is -0.112. The molecule has 2 aromatic carbocycles. The first-order chi connectivity index (χ1) is 14.3. The third kappa shape index (κ3) is 4.71. The van der Waals surface area contributed by atoms with Crippen LogP contribution in [0, 0.1) is 18.3 Å². The summed E-state index contributed by atoms with van der Waals surface area (Å²) < 4.78 is 5.65. The molecule has 6 nitrogen and oxygen atoms in total. The van der Waals surface area contributed by atoms with Crippen molar-refractivity contribution in [1.29, 1.82) is 5.26 Å². The van der Waals surface area contributed by atoms with Crippen molar-refractivity contribution in [2.45, 2.75) is 6.92 Å². The second kappa shape index (κ2) is 8.87. The third-order valence-electron chi connectivity index (χ3n) is 4.19. The Morgan fingerprint density at radius 2 is 1.87 bits per heavy atom. The van der Waals surface area contributed by atoms with Crippen LogP contribution in [0.25, 0.3) is 17.4 Å². The van der Waals surface area contributed by atoms with E-state index in [0.29, 0.717) is 22.0 Å². The molecular weight excluding hydrogens is 427 g/mol. The van der Waals surface area contributed by atoms with E-state index in [1.165, 1.54) is 18.2 Å². The number of carboxylic acid groups (broad SMARTS) is 1. The van der Waals surface area contributed by atoms with Crippen molar-refractivity contribution in [3.63, 3.8) is 0 Å². The van der Waals surface area contributed by atoms with E-state index in [1.54, 1.807) is 36.4 Å². The van der Waals surface area contributed by atoms with E-state index >= 15 is 0 Å². The highest BCUT2D eigenvalue weighted by atomic mass is 35.5. The first-order valence-electron chi connectivity index (χ1n) is 8.61. The Hall–Kier alpha value is -3.53. The van der Waals surface area contributed by atoms with E-state index in [0.717, 1.165) is 5.56 Å². The molecule has 0 aliphatic rings. The fourth-order valence-electron chi connectivity index (χ4n) is 2.59. The Bertz CT molecular complexity index is 1220. The van der Waals surface area contributed by atoms with Gasteiger partial charge in [0.05, 0.1) is 10.6 Å². The number of carboxylic acids is 1. The minimum absolute atomic E-state index is 0.0588. The first kappa shape index (κ1) is 21.2. The van der Waals surface area contributed by atoms with Gasteiger partial charge in [-0.15, -0.1) is 0 Å². The Morgan fingerprint density at radius 1 is 1.10 bits per heavy atom. The fraction of sp³-hybridized carbons (Fsp3) is 0.0455. The van der Waals surface area contributed by atoms with Gasteiger partial charge in [0.1, 0.15) is 23.2 Å². The highest BCUT2D eigenvalue weighted by molar-refractivity contribution is 6.33. The average Bonchev–Trinajstić information content (AvgIpc) is 3.17. The molecule has 1 heterocycles. The van der Waals surface area contributed by atoms with Gasteiger partial charge in [-0.3, -0.25) is 4.79 Å². The van der Waals surface area contributed by atoms with E-state index in [2.05, 4.69) is 5.32 Å². The van der Waals surface area contributed by atoms with Crippen LogP contribution in [0.1, 0.15) is 21.7 Å². The molecule has 0 spiro atoms. The molecule has 30 heavy (non-hydrogen) atoms. The van der Waals surface area contributed by atoms with E-state index in [-0.39, 0.29) is 21.9 Å². The molecule has 0 fully saturated rings. The molecule has 0 saturated carbocycles. The number of nitrogens with zero attached hydrogens (tertiary/aromatic N) is 1. The molecule has 150 valence electrons. The molecule has 0 aliphatic carbocycles. The second-order valence-electron chi connectivity index (χ2n) is 6.29. The molecule has 8 heteroatoms.